The molecule has 4 rings (SSSR count). The summed E-state index contributed by atoms with van der Waals surface area (Å²) in [5.41, 5.74) is 2.48. The van der Waals surface area contributed by atoms with E-state index in [1.807, 2.05) is 37.3 Å². The normalized spacial score (nSPS) is 11.7. The van der Waals surface area contributed by atoms with Crippen LogP contribution in [0.5, 0.6) is 0 Å². The number of rotatable bonds is 8. The second-order valence-electron chi connectivity index (χ2n) is 7.47. The fraction of sp³-hybridized carbons (Fsp3) is 0.208. The largest absolute Gasteiger partial charge is 0.447 e. The summed E-state index contributed by atoms with van der Waals surface area (Å²) in [5.74, 6) is 0.420. The minimum absolute atomic E-state index is 0.0325. The summed E-state index contributed by atoms with van der Waals surface area (Å²) in [5, 5.41) is 10.3. The fourth-order valence-corrected chi connectivity index (χ4v) is 3.09. The van der Waals surface area contributed by atoms with Crippen LogP contribution in [0.4, 0.5) is 5.82 Å². The van der Waals surface area contributed by atoms with Crippen LogP contribution < -0.4 is 5.32 Å². The van der Waals surface area contributed by atoms with E-state index in [1.165, 1.54) is 0 Å². The molecule has 0 aliphatic rings. The lowest BCUT2D eigenvalue weighted by molar-refractivity contribution is -0.154. The summed E-state index contributed by atoms with van der Waals surface area (Å²) in [6, 6.07) is 18.0. The maximum absolute atomic E-state index is 12.8. The van der Waals surface area contributed by atoms with Gasteiger partial charge >= 0.3 is 5.97 Å². The van der Waals surface area contributed by atoms with Gasteiger partial charge < -0.3 is 19.1 Å². The number of carbonyl (C=O) groups excluding carboxylic acids is 2. The molecule has 33 heavy (non-hydrogen) atoms. The SMILES string of the molecule is Cc1ccc(-c2noc(CCC(=O)OC(C(=O)Nc3cc(C)on3)c3ccccc3)n2)cc1. The first-order chi connectivity index (χ1) is 16.0. The molecule has 1 atom stereocenters. The molecule has 0 saturated heterocycles. The Morgan fingerprint density at radius 3 is 2.45 bits per heavy atom. The summed E-state index contributed by atoms with van der Waals surface area (Å²) in [7, 11) is 0. The number of aryl methyl sites for hydroxylation is 3. The smallest absolute Gasteiger partial charge is 0.307 e. The summed E-state index contributed by atoms with van der Waals surface area (Å²) < 4.78 is 15.7. The average molecular weight is 446 g/mol. The lowest BCUT2D eigenvalue weighted by atomic mass is 10.1. The van der Waals surface area contributed by atoms with E-state index in [2.05, 4.69) is 20.6 Å². The van der Waals surface area contributed by atoms with E-state index in [0.717, 1.165) is 11.1 Å². The Morgan fingerprint density at radius 1 is 1.00 bits per heavy atom. The van der Waals surface area contributed by atoms with E-state index in [9.17, 15) is 9.59 Å². The van der Waals surface area contributed by atoms with Crippen LogP contribution in [0.15, 0.2) is 69.7 Å². The zero-order valence-corrected chi connectivity index (χ0v) is 18.1. The van der Waals surface area contributed by atoms with Crippen LogP contribution in [0.3, 0.4) is 0 Å². The second-order valence-corrected chi connectivity index (χ2v) is 7.47. The van der Waals surface area contributed by atoms with Crippen LogP contribution in [0.1, 0.15) is 35.3 Å². The van der Waals surface area contributed by atoms with Gasteiger partial charge in [-0.15, -0.1) is 0 Å². The summed E-state index contributed by atoms with van der Waals surface area (Å²) in [6.07, 6.45) is -1.00. The van der Waals surface area contributed by atoms with Crippen molar-refractivity contribution >= 4 is 17.7 Å². The molecule has 0 aliphatic carbocycles. The zero-order chi connectivity index (χ0) is 23.2. The van der Waals surface area contributed by atoms with Crippen molar-refractivity contribution in [1.82, 2.24) is 15.3 Å². The molecule has 2 heterocycles. The molecule has 1 N–H and O–H groups in total. The molecule has 9 heteroatoms. The summed E-state index contributed by atoms with van der Waals surface area (Å²) >= 11 is 0. The number of nitrogens with zero attached hydrogens (tertiary/aromatic N) is 3. The average Bonchev–Trinajstić information content (AvgIpc) is 3.46. The maximum Gasteiger partial charge on any atom is 0.307 e. The van der Waals surface area contributed by atoms with Crippen molar-refractivity contribution < 1.29 is 23.4 Å². The number of esters is 1. The van der Waals surface area contributed by atoms with Crippen molar-refractivity contribution in [1.29, 1.82) is 0 Å². The van der Waals surface area contributed by atoms with E-state index < -0.39 is 18.0 Å². The van der Waals surface area contributed by atoms with Gasteiger partial charge in [-0.3, -0.25) is 9.59 Å². The molecule has 0 radical (unpaired) electrons. The number of hydrogen-bond acceptors (Lipinski definition) is 8. The van der Waals surface area contributed by atoms with Gasteiger partial charge in [-0.25, -0.2) is 0 Å². The van der Waals surface area contributed by atoms with E-state index in [-0.39, 0.29) is 18.7 Å². The Bertz CT molecular complexity index is 1230. The van der Waals surface area contributed by atoms with Crippen molar-refractivity contribution in [3.05, 3.63) is 83.4 Å². The van der Waals surface area contributed by atoms with Crippen molar-refractivity contribution in [2.24, 2.45) is 0 Å². The number of ether oxygens (including phenoxy) is 1. The maximum atomic E-state index is 12.8. The quantitative estimate of drug-likeness (QED) is 0.400. The third kappa shape index (κ3) is 5.70. The van der Waals surface area contributed by atoms with Crippen LogP contribution in [0, 0.1) is 13.8 Å². The molecular weight excluding hydrogens is 424 g/mol. The lowest BCUT2D eigenvalue weighted by Crippen LogP contribution is -2.26. The Kier molecular flexibility index (Phi) is 6.58. The van der Waals surface area contributed by atoms with Gasteiger partial charge in [0.2, 0.25) is 17.8 Å². The third-order valence-electron chi connectivity index (χ3n) is 4.79. The lowest BCUT2D eigenvalue weighted by Gasteiger charge is -2.17. The fourth-order valence-electron chi connectivity index (χ4n) is 3.09. The molecular formula is C24H22N4O5. The van der Waals surface area contributed by atoms with Gasteiger partial charge in [-0.05, 0) is 13.8 Å². The molecule has 0 fully saturated rings. The van der Waals surface area contributed by atoms with Gasteiger partial charge in [0.05, 0.1) is 6.42 Å². The highest BCUT2D eigenvalue weighted by atomic mass is 16.5. The molecule has 2 aromatic carbocycles. The number of aromatic nitrogens is 3. The number of anilines is 1. The highest BCUT2D eigenvalue weighted by molar-refractivity contribution is 5.95. The number of hydrogen-bond donors (Lipinski definition) is 1. The number of carbonyl (C=O) groups is 2. The molecule has 4 aromatic rings. The van der Waals surface area contributed by atoms with Crippen LogP contribution >= 0.6 is 0 Å². The first kappa shape index (κ1) is 21.9. The topological polar surface area (TPSA) is 120 Å². The first-order valence-electron chi connectivity index (χ1n) is 10.4. The van der Waals surface area contributed by atoms with Crippen LogP contribution in [0.2, 0.25) is 0 Å². The Labute approximate surface area is 189 Å². The second kappa shape index (κ2) is 9.90. The standard InChI is InChI=1S/C24H22N4O5/c1-15-8-10-18(11-9-15)23-26-20(33-28-23)12-13-21(29)31-22(17-6-4-3-5-7-17)24(30)25-19-14-16(2)32-27-19/h3-11,14,22H,12-13H2,1-2H3,(H,25,27,30). The van der Waals surface area contributed by atoms with Gasteiger partial charge in [-0.2, -0.15) is 4.98 Å². The molecule has 2 aromatic heterocycles. The third-order valence-corrected chi connectivity index (χ3v) is 4.79. The summed E-state index contributed by atoms with van der Waals surface area (Å²) in [6.45, 7) is 3.70. The minimum atomic E-state index is -1.15. The Hall–Kier alpha value is -4.27. The molecule has 0 aliphatic heterocycles. The van der Waals surface area contributed by atoms with Crippen molar-refractivity contribution in [3.63, 3.8) is 0 Å². The van der Waals surface area contributed by atoms with Crippen LogP contribution in [0.25, 0.3) is 11.4 Å². The van der Waals surface area contributed by atoms with Gasteiger partial charge in [0, 0.05) is 23.6 Å². The van der Waals surface area contributed by atoms with E-state index in [4.69, 9.17) is 13.8 Å². The number of nitrogens with one attached hydrogen (secondary N) is 1. The molecule has 0 spiro atoms. The Balaban J connectivity index is 1.39. The molecule has 9 nitrogen and oxygen atoms in total. The van der Waals surface area contributed by atoms with E-state index in [1.54, 1.807) is 37.3 Å². The molecule has 0 saturated carbocycles. The summed E-state index contributed by atoms with van der Waals surface area (Å²) in [4.78, 5) is 29.7. The predicted molar refractivity (Wildman–Crippen MR) is 118 cm³/mol. The van der Waals surface area contributed by atoms with E-state index >= 15 is 0 Å². The van der Waals surface area contributed by atoms with Gasteiger partial charge in [-0.1, -0.05) is 70.5 Å². The molecule has 1 unspecified atom stereocenters. The predicted octanol–water partition coefficient (Wildman–Crippen LogP) is 4.20. The first-order valence-corrected chi connectivity index (χ1v) is 10.4. The van der Waals surface area contributed by atoms with Gasteiger partial charge in [0.15, 0.2) is 5.82 Å². The highest BCUT2D eigenvalue weighted by Crippen LogP contribution is 2.22. The zero-order valence-electron chi connectivity index (χ0n) is 18.1. The number of amides is 1. The van der Waals surface area contributed by atoms with Crippen LogP contribution in [-0.4, -0.2) is 27.2 Å². The Morgan fingerprint density at radius 2 is 1.76 bits per heavy atom. The molecule has 1 amide bonds. The van der Waals surface area contributed by atoms with Crippen molar-refractivity contribution in [2.45, 2.75) is 32.8 Å². The monoisotopic (exact) mass is 446 g/mol. The molecule has 168 valence electrons. The highest BCUT2D eigenvalue weighted by Gasteiger charge is 2.26. The van der Waals surface area contributed by atoms with Crippen molar-refractivity contribution in [2.75, 3.05) is 5.32 Å². The van der Waals surface area contributed by atoms with Gasteiger partial charge in [0.25, 0.3) is 5.91 Å². The van der Waals surface area contributed by atoms with E-state index in [0.29, 0.717) is 23.0 Å². The van der Waals surface area contributed by atoms with Crippen molar-refractivity contribution in [3.8, 4) is 11.4 Å². The molecule has 0 bridgehead atoms. The number of benzene rings is 2. The minimum Gasteiger partial charge on any atom is -0.447 e. The van der Waals surface area contributed by atoms with Gasteiger partial charge in [0.1, 0.15) is 5.76 Å². The van der Waals surface area contributed by atoms with Crippen LogP contribution in [-0.2, 0) is 20.7 Å².